The van der Waals surface area contributed by atoms with E-state index in [1.54, 1.807) is 4.57 Å². The van der Waals surface area contributed by atoms with Gasteiger partial charge in [0.1, 0.15) is 18.2 Å². The summed E-state index contributed by atoms with van der Waals surface area (Å²) >= 11 is 0. The fourth-order valence-electron chi connectivity index (χ4n) is 3.10. The van der Waals surface area contributed by atoms with Crippen LogP contribution in [0.5, 0.6) is 0 Å². The minimum absolute atomic E-state index is 0.0319. The number of rotatable bonds is 3. The number of H-pyrrole nitrogens is 1. The molecule has 130 valence electrons. The molecule has 1 saturated heterocycles. The summed E-state index contributed by atoms with van der Waals surface area (Å²) in [7, 11) is 0. The molecule has 9 heteroatoms. The van der Waals surface area contributed by atoms with Gasteiger partial charge in [-0.1, -0.05) is 30.3 Å². The number of anilines is 1. The third kappa shape index (κ3) is 2.58. The number of aliphatic hydroxyl groups excluding tert-OH is 2. The normalized spacial score (nSPS) is 23.4. The number of hydrogen-bond acceptors (Lipinski definition) is 7. The maximum absolute atomic E-state index is 12.2. The summed E-state index contributed by atoms with van der Waals surface area (Å²) < 4.78 is 7.40. The van der Waals surface area contributed by atoms with E-state index in [9.17, 15) is 15.0 Å². The molecule has 0 radical (unpaired) electrons. The average Bonchev–Trinajstić information content (AvgIpc) is 3.16. The van der Waals surface area contributed by atoms with Crippen LogP contribution in [-0.2, 0) is 4.74 Å². The van der Waals surface area contributed by atoms with Crippen molar-refractivity contribution in [2.45, 2.75) is 24.9 Å². The summed E-state index contributed by atoms with van der Waals surface area (Å²) in [6, 6.07) is 9.28. The Balaban J connectivity index is 1.96. The van der Waals surface area contributed by atoms with Crippen LogP contribution >= 0.6 is 0 Å². The van der Waals surface area contributed by atoms with Crippen molar-refractivity contribution in [1.29, 1.82) is 0 Å². The molecule has 0 saturated carbocycles. The van der Waals surface area contributed by atoms with Crippen molar-refractivity contribution in [3.8, 4) is 11.4 Å². The summed E-state index contributed by atoms with van der Waals surface area (Å²) in [6.45, 7) is -0.304. The van der Waals surface area contributed by atoms with E-state index in [4.69, 9.17) is 10.5 Å². The molecular formula is C16H17N5O4. The number of aliphatic hydroxyl groups is 2. The SMILES string of the molecule is Nc1nc2c(nc(-c3ccccc3)n2[C@H]2C[C@@H](O)[C@@H](CO)O2)c(=O)[nH]1. The Morgan fingerprint density at radius 1 is 1.32 bits per heavy atom. The van der Waals surface area contributed by atoms with Crippen molar-refractivity contribution in [2.24, 2.45) is 0 Å². The smallest absolute Gasteiger partial charge is 0.280 e. The minimum Gasteiger partial charge on any atom is -0.394 e. The van der Waals surface area contributed by atoms with E-state index in [2.05, 4.69) is 15.0 Å². The lowest BCUT2D eigenvalue weighted by Crippen LogP contribution is -2.24. The zero-order valence-electron chi connectivity index (χ0n) is 13.2. The topological polar surface area (TPSA) is 139 Å². The molecule has 3 aromatic rings. The van der Waals surface area contributed by atoms with Crippen molar-refractivity contribution in [1.82, 2.24) is 19.5 Å². The molecule has 0 spiro atoms. The summed E-state index contributed by atoms with van der Waals surface area (Å²) in [5, 5.41) is 19.4. The highest BCUT2D eigenvalue weighted by Crippen LogP contribution is 2.34. The third-order valence-corrected chi connectivity index (χ3v) is 4.27. The van der Waals surface area contributed by atoms with Crippen LogP contribution in [0.15, 0.2) is 35.1 Å². The van der Waals surface area contributed by atoms with Crippen LogP contribution < -0.4 is 11.3 Å². The predicted molar refractivity (Wildman–Crippen MR) is 89.6 cm³/mol. The van der Waals surface area contributed by atoms with Gasteiger partial charge in [-0.3, -0.25) is 14.3 Å². The van der Waals surface area contributed by atoms with E-state index in [0.717, 1.165) is 5.56 Å². The van der Waals surface area contributed by atoms with Crippen LogP contribution in [0.1, 0.15) is 12.6 Å². The van der Waals surface area contributed by atoms with Gasteiger partial charge in [0, 0.05) is 12.0 Å². The van der Waals surface area contributed by atoms with Crippen LogP contribution in [0.25, 0.3) is 22.6 Å². The van der Waals surface area contributed by atoms with Crippen LogP contribution in [0.2, 0.25) is 0 Å². The maximum Gasteiger partial charge on any atom is 0.280 e. The monoisotopic (exact) mass is 343 g/mol. The summed E-state index contributed by atoms with van der Waals surface area (Å²) in [5.41, 5.74) is 6.41. The van der Waals surface area contributed by atoms with Gasteiger partial charge in [-0.25, -0.2) is 4.98 Å². The highest BCUT2D eigenvalue weighted by atomic mass is 16.5. The second-order valence-corrected chi connectivity index (χ2v) is 5.91. The van der Waals surface area contributed by atoms with Gasteiger partial charge in [0.25, 0.3) is 5.56 Å². The first-order valence-corrected chi connectivity index (χ1v) is 7.86. The number of ether oxygens (including phenoxy) is 1. The number of imidazole rings is 1. The van der Waals surface area contributed by atoms with Crippen molar-refractivity contribution >= 4 is 17.1 Å². The molecule has 9 nitrogen and oxygen atoms in total. The fourth-order valence-corrected chi connectivity index (χ4v) is 3.10. The molecule has 1 fully saturated rings. The van der Waals surface area contributed by atoms with Crippen molar-refractivity contribution < 1.29 is 14.9 Å². The number of nitrogens with zero attached hydrogens (tertiary/aromatic N) is 3. The van der Waals surface area contributed by atoms with Crippen LogP contribution in [0, 0.1) is 0 Å². The number of aromatic amines is 1. The molecule has 1 aliphatic rings. The largest absolute Gasteiger partial charge is 0.394 e. The van der Waals surface area contributed by atoms with E-state index >= 15 is 0 Å². The number of aromatic nitrogens is 4. The van der Waals surface area contributed by atoms with E-state index in [1.165, 1.54) is 0 Å². The molecule has 3 atom stereocenters. The number of nitrogens with two attached hydrogens (primary N) is 1. The number of fused-ring (bicyclic) bond motifs is 1. The number of nitrogen functional groups attached to an aromatic ring is 1. The molecule has 0 bridgehead atoms. The molecule has 2 aromatic heterocycles. The van der Waals surface area contributed by atoms with Crippen molar-refractivity contribution in [3.05, 3.63) is 40.7 Å². The Labute approximate surface area is 141 Å². The molecule has 5 N–H and O–H groups in total. The molecule has 4 rings (SSSR count). The average molecular weight is 343 g/mol. The Hall–Kier alpha value is -2.75. The first-order chi connectivity index (χ1) is 12.1. The van der Waals surface area contributed by atoms with E-state index in [0.29, 0.717) is 5.82 Å². The highest BCUT2D eigenvalue weighted by Gasteiger charge is 2.37. The molecule has 1 aromatic carbocycles. The zero-order chi connectivity index (χ0) is 17.6. The van der Waals surface area contributed by atoms with Gasteiger partial charge in [-0.05, 0) is 0 Å². The van der Waals surface area contributed by atoms with Gasteiger partial charge in [0.05, 0.1) is 12.7 Å². The van der Waals surface area contributed by atoms with E-state index < -0.39 is 24.0 Å². The first-order valence-electron chi connectivity index (χ1n) is 7.86. The molecule has 3 heterocycles. The molecule has 0 aliphatic carbocycles. The lowest BCUT2D eigenvalue weighted by Gasteiger charge is -2.16. The van der Waals surface area contributed by atoms with Crippen molar-refractivity contribution in [3.63, 3.8) is 0 Å². The van der Waals surface area contributed by atoms with Gasteiger partial charge in [0.15, 0.2) is 11.2 Å². The molecule has 1 aliphatic heterocycles. The number of benzene rings is 1. The van der Waals surface area contributed by atoms with Crippen molar-refractivity contribution in [2.75, 3.05) is 12.3 Å². The Morgan fingerprint density at radius 3 is 2.76 bits per heavy atom. The van der Waals surface area contributed by atoms with Gasteiger partial charge >= 0.3 is 0 Å². The lowest BCUT2D eigenvalue weighted by molar-refractivity contribution is -0.0426. The highest BCUT2D eigenvalue weighted by molar-refractivity contribution is 5.77. The molecule has 0 amide bonds. The van der Waals surface area contributed by atoms with Gasteiger partial charge in [-0.2, -0.15) is 4.98 Å². The molecule has 25 heavy (non-hydrogen) atoms. The van der Waals surface area contributed by atoms with Crippen LogP contribution in [0.4, 0.5) is 5.95 Å². The Morgan fingerprint density at radius 2 is 2.08 bits per heavy atom. The van der Waals surface area contributed by atoms with Crippen LogP contribution in [0.3, 0.4) is 0 Å². The summed E-state index contributed by atoms with van der Waals surface area (Å²) in [6.07, 6.45) is -1.91. The summed E-state index contributed by atoms with van der Waals surface area (Å²) in [4.78, 5) is 23.3. The first kappa shape index (κ1) is 15.8. The number of nitrogens with one attached hydrogen (secondary N) is 1. The van der Waals surface area contributed by atoms with E-state index in [-0.39, 0.29) is 30.1 Å². The summed E-state index contributed by atoms with van der Waals surface area (Å²) in [5.74, 6) is 0.450. The standard InChI is InChI=1S/C16H17N5O4/c17-16-19-14-12(15(24)20-16)18-13(8-4-2-1-3-5-8)21(14)11-6-9(23)10(7-22)25-11/h1-5,9-11,22-23H,6-7H2,(H3,17,19,20,24)/t9-,10-,11-/m1/s1. The molecule has 0 unspecified atom stereocenters. The quantitative estimate of drug-likeness (QED) is 0.525. The predicted octanol–water partition coefficient (Wildman–Crippen LogP) is 0.00950. The minimum atomic E-state index is -0.824. The van der Waals surface area contributed by atoms with E-state index in [1.807, 2.05) is 30.3 Å². The zero-order valence-corrected chi connectivity index (χ0v) is 13.2. The Kier molecular flexibility index (Phi) is 3.75. The second-order valence-electron chi connectivity index (χ2n) is 5.91. The maximum atomic E-state index is 12.2. The second kappa shape index (κ2) is 5.96. The molecular weight excluding hydrogens is 326 g/mol. The number of hydrogen-bond donors (Lipinski definition) is 4. The van der Waals surface area contributed by atoms with Crippen LogP contribution in [-0.4, -0.2) is 48.5 Å². The third-order valence-electron chi connectivity index (χ3n) is 4.27. The fraction of sp³-hybridized carbons (Fsp3) is 0.312. The lowest BCUT2D eigenvalue weighted by atomic mass is 10.2. The van der Waals surface area contributed by atoms with Gasteiger partial charge in [0.2, 0.25) is 5.95 Å². The van der Waals surface area contributed by atoms with Gasteiger partial charge in [-0.15, -0.1) is 0 Å². The van der Waals surface area contributed by atoms with Gasteiger partial charge < -0.3 is 20.7 Å². The Bertz CT molecular complexity index is 968.